The fraction of sp³-hybridized carbons (Fsp3) is 0.222. The van der Waals surface area contributed by atoms with Gasteiger partial charge in [-0.1, -0.05) is 30.3 Å². The number of hydrogen-bond acceptors (Lipinski definition) is 3. The van der Waals surface area contributed by atoms with Crippen LogP contribution >= 0.6 is 11.8 Å². The highest BCUT2D eigenvalue weighted by Crippen LogP contribution is 2.37. The molecular weight excluding hydrogens is 363 g/mol. The Morgan fingerprint density at radius 1 is 1.12 bits per heavy atom. The third-order valence-electron chi connectivity index (χ3n) is 3.34. The molecule has 2 aromatic rings. The van der Waals surface area contributed by atoms with Gasteiger partial charge in [-0.05, 0) is 41.6 Å². The van der Waals surface area contributed by atoms with E-state index in [4.69, 9.17) is 5.26 Å². The van der Waals surface area contributed by atoms with Crippen LogP contribution in [0.3, 0.4) is 0 Å². The second-order valence-electron chi connectivity index (χ2n) is 5.32. The SMILES string of the molecule is N#CCCN(Cc1ccccc1)C(=O)Nc1ccc(SC(F)(F)F)cc1. The van der Waals surface area contributed by atoms with Crippen LogP contribution < -0.4 is 5.32 Å². The smallest absolute Gasteiger partial charge is 0.319 e. The van der Waals surface area contributed by atoms with Gasteiger partial charge in [0.15, 0.2) is 0 Å². The van der Waals surface area contributed by atoms with Crippen LogP contribution in [0.25, 0.3) is 0 Å². The number of nitriles is 1. The fourth-order valence-corrected chi connectivity index (χ4v) is 2.72. The number of amides is 2. The van der Waals surface area contributed by atoms with Gasteiger partial charge >= 0.3 is 11.5 Å². The maximum atomic E-state index is 12.5. The normalized spacial score (nSPS) is 10.8. The monoisotopic (exact) mass is 379 g/mol. The van der Waals surface area contributed by atoms with Crippen molar-refractivity contribution < 1.29 is 18.0 Å². The minimum atomic E-state index is -4.35. The highest BCUT2D eigenvalue weighted by atomic mass is 32.2. The van der Waals surface area contributed by atoms with Crippen LogP contribution in [-0.4, -0.2) is 23.0 Å². The van der Waals surface area contributed by atoms with Crippen LogP contribution in [0.5, 0.6) is 0 Å². The molecule has 0 aliphatic rings. The lowest BCUT2D eigenvalue weighted by molar-refractivity contribution is -0.0328. The van der Waals surface area contributed by atoms with Gasteiger partial charge in [-0.3, -0.25) is 0 Å². The molecule has 0 radical (unpaired) electrons. The van der Waals surface area contributed by atoms with Crippen LogP contribution in [0.15, 0.2) is 59.5 Å². The Morgan fingerprint density at radius 3 is 2.35 bits per heavy atom. The summed E-state index contributed by atoms with van der Waals surface area (Å²) in [5, 5.41) is 11.4. The first-order chi connectivity index (χ1) is 12.4. The second-order valence-corrected chi connectivity index (χ2v) is 6.46. The van der Waals surface area contributed by atoms with Gasteiger partial charge in [0.2, 0.25) is 0 Å². The first kappa shape index (κ1) is 19.7. The van der Waals surface area contributed by atoms with Crippen molar-refractivity contribution >= 4 is 23.5 Å². The summed E-state index contributed by atoms with van der Waals surface area (Å²) < 4.78 is 37.0. The topological polar surface area (TPSA) is 56.1 Å². The number of alkyl halides is 3. The first-order valence-electron chi connectivity index (χ1n) is 7.70. The molecule has 26 heavy (non-hydrogen) atoms. The molecular formula is C18H16F3N3OS. The molecule has 8 heteroatoms. The Labute approximate surface area is 153 Å². The lowest BCUT2D eigenvalue weighted by Gasteiger charge is -2.22. The third-order valence-corrected chi connectivity index (χ3v) is 4.08. The van der Waals surface area contributed by atoms with Crippen LogP contribution in [0.2, 0.25) is 0 Å². The van der Waals surface area contributed by atoms with Crippen molar-refractivity contribution in [1.29, 1.82) is 5.26 Å². The Hall–Kier alpha value is -2.66. The minimum Gasteiger partial charge on any atom is -0.319 e. The van der Waals surface area contributed by atoms with Crippen LogP contribution in [-0.2, 0) is 6.54 Å². The maximum Gasteiger partial charge on any atom is 0.446 e. The Balaban J connectivity index is 2.02. The molecule has 0 bridgehead atoms. The number of carbonyl (C=O) groups excluding carboxylic acids is 1. The largest absolute Gasteiger partial charge is 0.446 e. The van der Waals surface area contributed by atoms with E-state index >= 15 is 0 Å². The average molecular weight is 379 g/mol. The van der Waals surface area contributed by atoms with Gasteiger partial charge in [0.05, 0.1) is 12.5 Å². The number of halogens is 3. The summed E-state index contributed by atoms with van der Waals surface area (Å²) in [4.78, 5) is 14.0. The molecule has 0 unspecified atom stereocenters. The molecule has 2 rings (SSSR count). The number of anilines is 1. The summed E-state index contributed by atoms with van der Waals surface area (Å²) in [5.41, 5.74) is -3.05. The summed E-state index contributed by atoms with van der Waals surface area (Å²) >= 11 is -0.212. The fourth-order valence-electron chi connectivity index (χ4n) is 2.18. The molecule has 0 saturated heterocycles. The molecule has 0 heterocycles. The van der Waals surface area contributed by atoms with E-state index in [0.29, 0.717) is 12.2 Å². The van der Waals surface area contributed by atoms with E-state index in [1.807, 2.05) is 36.4 Å². The predicted octanol–water partition coefficient (Wildman–Crippen LogP) is 5.25. The van der Waals surface area contributed by atoms with Crippen LogP contribution in [0, 0.1) is 11.3 Å². The second kappa shape index (κ2) is 9.15. The Morgan fingerprint density at radius 2 is 1.77 bits per heavy atom. The standard InChI is InChI=1S/C18H16F3N3OS/c19-18(20,21)26-16-9-7-15(8-10-16)23-17(25)24(12-4-11-22)13-14-5-2-1-3-6-14/h1-3,5-10H,4,12-13H2,(H,23,25). The van der Waals surface area contributed by atoms with Gasteiger partial charge in [0.25, 0.3) is 0 Å². The molecule has 136 valence electrons. The average Bonchev–Trinajstić information content (AvgIpc) is 2.60. The molecule has 4 nitrogen and oxygen atoms in total. The number of carbonyl (C=O) groups is 1. The molecule has 1 N–H and O–H groups in total. The van der Waals surface area contributed by atoms with Crippen molar-refractivity contribution in [2.24, 2.45) is 0 Å². The van der Waals surface area contributed by atoms with Crippen molar-refractivity contribution in [3.05, 3.63) is 60.2 Å². The predicted molar refractivity (Wildman–Crippen MR) is 94.5 cm³/mol. The van der Waals surface area contributed by atoms with Gasteiger partial charge in [-0.25, -0.2) is 4.79 Å². The quantitative estimate of drug-likeness (QED) is 0.698. The zero-order valence-corrected chi connectivity index (χ0v) is 14.5. The van der Waals surface area contributed by atoms with Crippen molar-refractivity contribution in [3.8, 4) is 6.07 Å². The van der Waals surface area contributed by atoms with Gasteiger partial charge in [-0.2, -0.15) is 18.4 Å². The van der Waals surface area contributed by atoms with Crippen molar-refractivity contribution in [3.63, 3.8) is 0 Å². The van der Waals surface area contributed by atoms with E-state index in [2.05, 4.69) is 5.32 Å². The highest BCUT2D eigenvalue weighted by Gasteiger charge is 2.29. The summed E-state index contributed by atoms with van der Waals surface area (Å²) in [7, 11) is 0. The molecule has 0 aliphatic carbocycles. The highest BCUT2D eigenvalue weighted by molar-refractivity contribution is 8.00. The maximum absolute atomic E-state index is 12.5. The lowest BCUT2D eigenvalue weighted by Crippen LogP contribution is -2.35. The number of nitrogens with zero attached hydrogens (tertiary/aromatic N) is 2. The van der Waals surface area contributed by atoms with Gasteiger partial charge in [-0.15, -0.1) is 0 Å². The number of urea groups is 1. The zero-order valence-electron chi connectivity index (χ0n) is 13.7. The van der Waals surface area contributed by atoms with Crippen LogP contribution in [0.1, 0.15) is 12.0 Å². The number of hydrogen-bond donors (Lipinski definition) is 1. The number of rotatable bonds is 6. The van der Waals surface area contributed by atoms with E-state index in [-0.39, 0.29) is 29.6 Å². The van der Waals surface area contributed by atoms with Gasteiger partial charge in [0, 0.05) is 23.7 Å². The molecule has 0 aliphatic heterocycles. The van der Waals surface area contributed by atoms with E-state index < -0.39 is 11.5 Å². The molecule has 0 saturated carbocycles. The molecule has 2 amide bonds. The van der Waals surface area contributed by atoms with Gasteiger partial charge < -0.3 is 10.2 Å². The Bertz CT molecular complexity index is 758. The van der Waals surface area contributed by atoms with E-state index in [1.165, 1.54) is 29.2 Å². The minimum absolute atomic E-state index is 0.0427. The first-order valence-corrected chi connectivity index (χ1v) is 8.51. The van der Waals surface area contributed by atoms with Crippen molar-refractivity contribution in [2.45, 2.75) is 23.4 Å². The van der Waals surface area contributed by atoms with E-state index in [1.54, 1.807) is 0 Å². The summed E-state index contributed by atoms with van der Waals surface area (Å²) in [6.45, 7) is 0.579. The van der Waals surface area contributed by atoms with E-state index in [0.717, 1.165) is 5.56 Å². The molecule has 0 atom stereocenters. The number of nitrogens with one attached hydrogen (secondary N) is 1. The van der Waals surface area contributed by atoms with Crippen molar-refractivity contribution in [2.75, 3.05) is 11.9 Å². The zero-order chi connectivity index (χ0) is 19.0. The van der Waals surface area contributed by atoms with Gasteiger partial charge in [0.1, 0.15) is 0 Å². The van der Waals surface area contributed by atoms with Crippen LogP contribution in [0.4, 0.5) is 23.7 Å². The lowest BCUT2D eigenvalue weighted by atomic mass is 10.2. The molecule has 0 fully saturated rings. The summed E-state index contributed by atoms with van der Waals surface area (Å²) in [6.07, 6.45) is 0.182. The molecule has 2 aromatic carbocycles. The molecule has 0 aromatic heterocycles. The third kappa shape index (κ3) is 6.69. The number of benzene rings is 2. The summed E-state index contributed by atoms with van der Waals surface area (Å²) in [6, 6.07) is 16.3. The summed E-state index contributed by atoms with van der Waals surface area (Å²) in [5.74, 6) is 0. The van der Waals surface area contributed by atoms with Crippen molar-refractivity contribution in [1.82, 2.24) is 4.90 Å². The van der Waals surface area contributed by atoms with E-state index in [9.17, 15) is 18.0 Å². The Kier molecular flexibility index (Phi) is 6.92. The number of thioether (sulfide) groups is 1. The molecule has 0 spiro atoms.